The Labute approximate surface area is 130 Å². The van der Waals surface area contributed by atoms with Crippen molar-refractivity contribution < 1.29 is 9.32 Å². The van der Waals surface area contributed by atoms with E-state index in [2.05, 4.69) is 29.4 Å². The maximum Gasteiger partial charge on any atom is 0.276 e. The summed E-state index contributed by atoms with van der Waals surface area (Å²) < 4.78 is 5.29. The highest BCUT2D eigenvalue weighted by molar-refractivity contribution is 5.92. The van der Waals surface area contributed by atoms with Crippen LogP contribution in [-0.4, -0.2) is 29.1 Å². The molecule has 2 fully saturated rings. The van der Waals surface area contributed by atoms with Gasteiger partial charge in [0.1, 0.15) is 5.76 Å². The fraction of sp³-hybridized carbons (Fsp3) is 0.444. The van der Waals surface area contributed by atoms with E-state index in [9.17, 15) is 4.79 Å². The van der Waals surface area contributed by atoms with E-state index in [-0.39, 0.29) is 5.91 Å². The number of carbonyl (C=O) groups excluding carboxylic acids is 1. The molecule has 2 aliphatic rings. The number of amides is 1. The first-order valence-corrected chi connectivity index (χ1v) is 8.09. The second kappa shape index (κ2) is 5.59. The molecule has 1 atom stereocenters. The third-order valence-electron chi connectivity index (χ3n) is 4.67. The van der Waals surface area contributed by atoms with E-state index in [1.807, 2.05) is 17.0 Å². The van der Waals surface area contributed by atoms with Gasteiger partial charge in [-0.25, -0.2) is 0 Å². The average molecular weight is 296 g/mol. The highest BCUT2D eigenvalue weighted by Gasteiger charge is 2.32. The molecule has 22 heavy (non-hydrogen) atoms. The summed E-state index contributed by atoms with van der Waals surface area (Å²) in [5, 5.41) is 3.96. The molecule has 1 aliphatic heterocycles. The fourth-order valence-electron chi connectivity index (χ4n) is 3.24. The van der Waals surface area contributed by atoms with Crippen LogP contribution >= 0.6 is 0 Å². The second-order valence-corrected chi connectivity index (χ2v) is 6.48. The van der Waals surface area contributed by atoms with Gasteiger partial charge >= 0.3 is 0 Å². The number of nitrogens with zero attached hydrogens (tertiary/aromatic N) is 2. The van der Waals surface area contributed by atoms with Gasteiger partial charge < -0.3 is 9.42 Å². The highest BCUT2D eigenvalue weighted by Crippen LogP contribution is 2.40. The van der Waals surface area contributed by atoms with Crippen LogP contribution in [0.4, 0.5) is 0 Å². The van der Waals surface area contributed by atoms with Crippen LogP contribution in [0.25, 0.3) is 0 Å². The third-order valence-corrected chi connectivity index (χ3v) is 4.67. The van der Waals surface area contributed by atoms with E-state index in [1.54, 1.807) is 0 Å². The quantitative estimate of drug-likeness (QED) is 0.870. The molecule has 0 radical (unpaired) electrons. The van der Waals surface area contributed by atoms with Gasteiger partial charge in [-0.15, -0.1) is 0 Å². The minimum atomic E-state index is 0.0196. The maximum absolute atomic E-state index is 12.5. The Morgan fingerprint density at radius 3 is 2.82 bits per heavy atom. The van der Waals surface area contributed by atoms with Crippen LogP contribution in [0.2, 0.25) is 0 Å². The number of rotatable bonds is 4. The minimum absolute atomic E-state index is 0.0196. The lowest BCUT2D eigenvalue weighted by Crippen LogP contribution is -2.29. The zero-order chi connectivity index (χ0) is 14.9. The minimum Gasteiger partial charge on any atom is -0.360 e. The zero-order valence-electron chi connectivity index (χ0n) is 12.6. The molecule has 1 aromatic carbocycles. The number of carbonyl (C=O) groups is 1. The molecule has 114 valence electrons. The zero-order valence-corrected chi connectivity index (χ0v) is 12.6. The largest absolute Gasteiger partial charge is 0.360 e. The summed E-state index contributed by atoms with van der Waals surface area (Å²) in [5.74, 6) is 1.94. The van der Waals surface area contributed by atoms with Gasteiger partial charge in [0.05, 0.1) is 0 Å². The normalized spacial score (nSPS) is 21.3. The number of aromatic nitrogens is 1. The summed E-state index contributed by atoms with van der Waals surface area (Å²) in [7, 11) is 0. The molecule has 1 amide bonds. The van der Waals surface area contributed by atoms with Gasteiger partial charge in [0.15, 0.2) is 5.69 Å². The average Bonchev–Trinajstić information content (AvgIpc) is 3.10. The van der Waals surface area contributed by atoms with Crippen molar-refractivity contribution in [1.82, 2.24) is 10.1 Å². The Morgan fingerprint density at radius 2 is 2.05 bits per heavy atom. The molecule has 1 aliphatic carbocycles. The number of hydrogen-bond donors (Lipinski definition) is 0. The van der Waals surface area contributed by atoms with Crippen LogP contribution in [0.1, 0.15) is 47.0 Å². The third kappa shape index (κ3) is 2.78. The molecule has 0 N–H and O–H groups in total. The summed E-state index contributed by atoms with van der Waals surface area (Å²) >= 11 is 0. The number of benzene rings is 1. The lowest BCUT2D eigenvalue weighted by Gasteiger charge is -2.14. The maximum atomic E-state index is 12.5. The topological polar surface area (TPSA) is 46.3 Å². The van der Waals surface area contributed by atoms with E-state index in [1.165, 1.54) is 5.56 Å². The van der Waals surface area contributed by atoms with Crippen LogP contribution in [-0.2, 0) is 6.42 Å². The second-order valence-electron chi connectivity index (χ2n) is 6.48. The summed E-state index contributed by atoms with van der Waals surface area (Å²) in [6.45, 7) is 1.64. The summed E-state index contributed by atoms with van der Waals surface area (Å²) in [6, 6.07) is 12.3. The fourth-order valence-corrected chi connectivity index (χ4v) is 3.24. The molecule has 0 spiro atoms. The first kappa shape index (κ1) is 13.6. The van der Waals surface area contributed by atoms with Crippen molar-refractivity contribution in [2.75, 3.05) is 13.1 Å². The van der Waals surface area contributed by atoms with Crippen LogP contribution in [0.5, 0.6) is 0 Å². The Bertz CT molecular complexity index is 661. The van der Waals surface area contributed by atoms with Gasteiger partial charge in [-0.3, -0.25) is 4.79 Å². The van der Waals surface area contributed by atoms with Gasteiger partial charge in [0, 0.05) is 25.1 Å². The Balaban J connectivity index is 1.38. The van der Waals surface area contributed by atoms with Crippen LogP contribution in [0, 0.1) is 5.92 Å². The highest BCUT2D eigenvalue weighted by atomic mass is 16.5. The van der Waals surface area contributed by atoms with Gasteiger partial charge in [0.25, 0.3) is 5.91 Å². The Morgan fingerprint density at radius 1 is 1.23 bits per heavy atom. The predicted molar refractivity (Wildman–Crippen MR) is 82.6 cm³/mol. The molecule has 0 unspecified atom stereocenters. The van der Waals surface area contributed by atoms with Crippen molar-refractivity contribution in [3.8, 4) is 0 Å². The summed E-state index contributed by atoms with van der Waals surface area (Å²) in [5.41, 5.74) is 1.82. The van der Waals surface area contributed by atoms with Crippen LogP contribution in [0.15, 0.2) is 40.9 Å². The molecule has 4 heteroatoms. The van der Waals surface area contributed by atoms with Crippen LogP contribution in [0.3, 0.4) is 0 Å². The molecular formula is C18H20N2O2. The standard InChI is InChI=1S/C18H20N2O2/c21-18(16-11-17(22-19-16)15-6-7-15)20-9-8-14(12-20)10-13-4-2-1-3-5-13/h1-5,11,14-15H,6-10,12H2/t14-/m1/s1. The van der Waals surface area contributed by atoms with Crippen molar-refractivity contribution in [2.24, 2.45) is 5.92 Å². The van der Waals surface area contributed by atoms with Gasteiger partial charge in [-0.05, 0) is 37.2 Å². The lowest BCUT2D eigenvalue weighted by molar-refractivity contribution is 0.0776. The van der Waals surface area contributed by atoms with E-state index in [4.69, 9.17) is 4.52 Å². The van der Waals surface area contributed by atoms with Crippen molar-refractivity contribution in [2.45, 2.75) is 31.6 Å². The molecule has 1 saturated carbocycles. The first-order valence-electron chi connectivity index (χ1n) is 8.09. The summed E-state index contributed by atoms with van der Waals surface area (Å²) in [6.07, 6.45) is 4.42. The molecule has 4 rings (SSSR count). The Hall–Kier alpha value is -2.10. The number of likely N-dealkylation sites (tertiary alicyclic amines) is 1. The van der Waals surface area contributed by atoms with Gasteiger partial charge in [0.2, 0.25) is 0 Å². The molecule has 2 heterocycles. The van der Waals surface area contributed by atoms with Gasteiger partial charge in [-0.1, -0.05) is 35.5 Å². The molecule has 1 aromatic heterocycles. The van der Waals surface area contributed by atoms with Crippen molar-refractivity contribution in [3.63, 3.8) is 0 Å². The van der Waals surface area contributed by atoms with E-state index in [0.717, 1.165) is 44.5 Å². The van der Waals surface area contributed by atoms with E-state index >= 15 is 0 Å². The lowest BCUT2D eigenvalue weighted by atomic mass is 9.99. The van der Waals surface area contributed by atoms with Gasteiger partial charge in [-0.2, -0.15) is 0 Å². The SMILES string of the molecule is O=C(c1cc(C2CC2)on1)N1CC[C@H](Cc2ccccc2)C1. The molecular weight excluding hydrogens is 276 g/mol. The smallest absolute Gasteiger partial charge is 0.276 e. The number of hydrogen-bond acceptors (Lipinski definition) is 3. The van der Waals surface area contributed by atoms with Crippen LogP contribution < -0.4 is 0 Å². The molecule has 2 aromatic rings. The molecule has 1 saturated heterocycles. The Kier molecular flexibility index (Phi) is 3.45. The van der Waals surface area contributed by atoms with Crippen molar-refractivity contribution in [1.29, 1.82) is 0 Å². The van der Waals surface area contributed by atoms with E-state index < -0.39 is 0 Å². The van der Waals surface area contributed by atoms with Crippen molar-refractivity contribution in [3.05, 3.63) is 53.4 Å². The van der Waals surface area contributed by atoms with E-state index in [0.29, 0.717) is 17.5 Å². The molecule has 0 bridgehead atoms. The first-order chi connectivity index (χ1) is 10.8. The van der Waals surface area contributed by atoms with Crippen molar-refractivity contribution >= 4 is 5.91 Å². The monoisotopic (exact) mass is 296 g/mol. The predicted octanol–water partition coefficient (Wildman–Crippen LogP) is 3.26. The summed E-state index contributed by atoms with van der Waals surface area (Å²) in [4.78, 5) is 14.4. The molecule has 4 nitrogen and oxygen atoms in total.